The molecule has 1 unspecified atom stereocenters. The van der Waals surface area contributed by atoms with Gasteiger partial charge >= 0.3 is 0 Å². The van der Waals surface area contributed by atoms with Crippen LogP contribution < -0.4 is 10.1 Å². The summed E-state index contributed by atoms with van der Waals surface area (Å²) in [7, 11) is 5.83. The Morgan fingerprint density at radius 1 is 1.32 bits per heavy atom. The predicted molar refractivity (Wildman–Crippen MR) is 102 cm³/mol. The van der Waals surface area contributed by atoms with Crippen LogP contribution in [0.1, 0.15) is 38.7 Å². The van der Waals surface area contributed by atoms with E-state index in [2.05, 4.69) is 55.2 Å². The molecule has 5 heteroatoms. The minimum atomic E-state index is -0.158. The van der Waals surface area contributed by atoms with Crippen LogP contribution in [0.5, 0.6) is 5.75 Å². The Bertz CT molecular complexity index is 555. The quantitative estimate of drug-likeness (QED) is 0.745. The normalized spacial score (nSPS) is 18.1. The van der Waals surface area contributed by atoms with Crippen molar-refractivity contribution in [3.8, 4) is 5.75 Å². The van der Waals surface area contributed by atoms with E-state index in [0.29, 0.717) is 0 Å². The van der Waals surface area contributed by atoms with Crippen LogP contribution in [-0.4, -0.2) is 61.6 Å². The van der Waals surface area contributed by atoms with Crippen LogP contribution >= 0.6 is 0 Å². The average molecular weight is 348 g/mol. The highest BCUT2D eigenvalue weighted by molar-refractivity contribution is 5.83. The molecule has 1 aromatic rings. The van der Waals surface area contributed by atoms with E-state index in [-0.39, 0.29) is 17.5 Å². The van der Waals surface area contributed by atoms with E-state index < -0.39 is 0 Å². The standard InChI is InChI=1S/C20H33N3O2/c1-20(2,12-6-13-22(3)4)21-19(24)18-11-14-23(18)15-16-7-9-17(25-5)10-8-16/h7-10,18H,6,11-15H2,1-5H3,(H,21,24). The highest BCUT2D eigenvalue weighted by Gasteiger charge is 2.36. The second kappa shape index (κ2) is 8.68. The maximum Gasteiger partial charge on any atom is 0.237 e. The fourth-order valence-electron chi connectivity index (χ4n) is 3.21. The van der Waals surface area contributed by atoms with Crippen molar-refractivity contribution < 1.29 is 9.53 Å². The van der Waals surface area contributed by atoms with Gasteiger partial charge < -0.3 is 15.0 Å². The van der Waals surface area contributed by atoms with Gasteiger partial charge in [0.15, 0.2) is 0 Å². The summed E-state index contributed by atoms with van der Waals surface area (Å²) in [5, 5.41) is 3.25. The Kier molecular flexibility index (Phi) is 6.85. The third-order valence-electron chi connectivity index (χ3n) is 4.85. The molecule has 0 radical (unpaired) electrons. The van der Waals surface area contributed by atoms with Crippen LogP contribution in [0.4, 0.5) is 0 Å². The second-order valence-electron chi connectivity index (χ2n) is 7.90. The van der Waals surface area contributed by atoms with Crippen molar-refractivity contribution in [2.75, 3.05) is 34.3 Å². The van der Waals surface area contributed by atoms with E-state index in [9.17, 15) is 4.79 Å². The van der Waals surface area contributed by atoms with Gasteiger partial charge in [-0.05, 0) is 71.4 Å². The van der Waals surface area contributed by atoms with Crippen molar-refractivity contribution in [1.29, 1.82) is 0 Å². The molecule has 0 aromatic heterocycles. The van der Waals surface area contributed by atoms with E-state index in [1.807, 2.05) is 12.1 Å². The van der Waals surface area contributed by atoms with Gasteiger partial charge in [-0.25, -0.2) is 0 Å². The van der Waals surface area contributed by atoms with Gasteiger partial charge in [0.05, 0.1) is 13.2 Å². The van der Waals surface area contributed by atoms with E-state index >= 15 is 0 Å². The Balaban J connectivity index is 1.82. The fourth-order valence-corrected chi connectivity index (χ4v) is 3.21. The Morgan fingerprint density at radius 2 is 2.00 bits per heavy atom. The zero-order chi connectivity index (χ0) is 18.4. The number of benzene rings is 1. The number of nitrogens with zero attached hydrogens (tertiary/aromatic N) is 2. The van der Waals surface area contributed by atoms with Crippen molar-refractivity contribution in [3.05, 3.63) is 29.8 Å². The smallest absolute Gasteiger partial charge is 0.237 e. The molecule has 0 saturated carbocycles. The lowest BCUT2D eigenvalue weighted by molar-refractivity contribution is -0.133. The molecule has 1 aliphatic rings. The molecule has 140 valence electrons. The summed E-state index contributed by atoms with van der Waals surface area (Å²) in [6.07, 6.45) is 3.01. The molecule has 2 rings (SSSR count). The first-order valence-electron chi connectivity index (χ1n) is 9.14. The van der Waals surface area contributed by atoms with Crippen molar-refractivity contribution in [2.24, 2.45) is 0 Å². The van der Waals surface area contributed by atoms with Crippen molar-refractivity contribution in [1.82, 2.24) is 15.1 Å². The zero-order valence-electron chi connectivity index (χ0n) is 16.3. The van der Waals surface area contributed by atoms with Gasteiger partial charge in [0.2, 0.25) is 5.91 Å². The summed E-state index contributed by atoms with van der Waals surface area (Å²) < 4.78 is 5.19. The van der Waals surface area contributed by atoms with Gasteiger partial charge in [-0.1, -0.05) is 12.1 Å². The molecule has 1 saturated heterocycles. The molecular formula is C20H33N3O2. The zero-order valence-corrected chi connectivity index (χ0v) is 16.3. The molecule has 0 spiro atoms. The summed E-state index contributed by atoms with van der Waals surface area (Å²) in [5.41, 5.74) is 1.05. The van der Waals surface area contributed by atoms with Gasteiger partial charge in [-0.2, -0.15) is 0 Å². The van der Waals surface area contributed by atoms with Crippen LogP contribution in [0.3, 0.4) is 0 Å². The molecule has 1 fully saturated rings. The lowest BCUT2D eigenvalue weighted by atomic mass is 9.95. The number of rotatable bonds is 9. The van der Waals surface area contributed by atoms with E-state index in [4.69, 9.17) is 4.74 Å². The first-order chi connectivity index (χ1) is 11.8. The average Bonchev–Trinajstić information content (AvgIpc) is 2.50. The number of hydrogen-bond donors (Lipinski definition) is 1. The van der Waals surface area contributed by atoms with Gasteiger partial charge in [0, 0.05) is 18.6 Å². The van der Waals surface area contributed by atoms with Crippen molar-refractivity contribution in [3.63, 3.8) is 0 Å². The maximum atomic E-state index is 12.7. The van der Waals surface area contributed by atoms with Crippen molar-refractivity contribution in [2.45, 2.75) is 51.2 Å². The molecule has 1 N–H and O–H groups in total. The number of nitrogens with one attached hydrogen (secondary N) is 1. The van der Waals surface area contributed by atoms with Crippen LogP contribution in [0.15, 0.2) is 24.3 Å². The van der Waals surface area contributed by atoms with E-state index in [1.54, 1.807) is 7.11 Å². The monoisotopic (exact) mass is 347 g/mol. The van der Waals surface area contributed by atoms with Crippen LogP contribution in [0, 0.1) is 0 Å². The lowest BCUT2D eigenvalue weighted by Gasteiger charge is -2.41. The molecular weight excluding hydrogens is 314 g/mol. The number of likely N-dealkylation sites (tertiary alicyclic amines) is 1. The lowest BCUT2D eigenvalue weighted by Crippen LogP contribution is -2.59. The Morgan fingerprint density at radius 3 is 2.52 bits per heavy atom. The molecule has 25 heavy (non-hydrogen) atoms. The van der Waals surface area contributed by atoms with E-state index in [1.165, 1.54) is 5.56 Å². The third kappa shape index (κ3) is 6.01. The number of carbonyl (C=O) groups excluding carboxylic acids is 1. The largest absolute Gasteiger partial charge is 0.497 e. The number of hydrogen-bond acceptors (Lipinski definition) is 4. The van der Waals surface area contributed by atoms with Gasteiger partial charge in [0.25, 0.3) is 0 Å². The summed E-state index contributed by atoms with van der Waals surface area (Å²) in [6, 6.07) is 8.07. The highest BCUT2D eigenvalue weighted by atomic mass is 16.5. The molecule has 5 nitrogen and oxygen atoms in total. The fraction of sp³-hybridized carbons (Fsp3) is 0.650. The Hall–Kier alpha value is -1.59. The molecule has 1 aliphatic heterocycles. The minimum Gasteiger partial charge on any atom is -0.497 e. The van der Waals surface area contributed by atoms with Gasteiger partial charge in [0.1, 0.15) is 5.75 Å². The van der Waals surface area contributed by atoms with Gasteiger partial charge in [-0.15, -0.1) is 0 Å². The predicted octanol–water partition coefficient (Wildman–Crippen LogP) is 2.51. The number of ether oxygens (including phenoxy) is 1. The molecule has 1 amide bonds. The maximum absolute atomic E-state index is 12.7. The molecule has 0 bridgehead atoms. The van der Waals surface area contributed by atoms with Crippen LogP contribution in [0.25, 0.3) is 0 Å². The first-order valence-corrected chi connectivity index (χ1v) is 9.14. The summed E-state index contributed by atoms with van der Waals surface area (Å²) in [6.45, 7) is 7.07. The molecule has 0 aliphatic carbocycles. The SMILES string of the molecule is COc1ccc(CN2CCC2C(=O)NC(C)(C)CCCN(C)C)cc1. The first kappa shape index (κ1) is 19.7. The van der Waals surface area contributed by atoms with E-state index in [0.717, 1.165) is 44.6 Å². The molecule has 1 heterocycles. The number of amides is 1. The van der Waals surface area contributed by atoms with Crippen molar-refractivity contribution >= 4 is 5.91 Å². The summed E-state index contributed by atoms with van der Waals surface area (Å²) >= 11 is 0. The second-order valence-corrected chi connectivity index (χ2v) is 7.90. The minimum absolute atomic E-state index is 0.00442. The topological polar surface area (TPSA) is 44.8 Å². The molecule has 1 atom stereocenters. The summed E-state index contributed by atoms with van der Waals surface area (Å²) in [5.74, 6) is 1.02. The molecule has 1 aromatic carbocycles. The van der Waals surface area contributed by atoms with Crippen LogP contribution in [0.2, 0.25) is 0 Å². The van der Waals surface area contributed by atoms with Crippen LogP contribution in [-0.2, 0) is 11.3 Å². The summed E-state index contributed by atoms with van der Waals surface area (Å²) in [4.78, 5) is 17.1. The Labute approximate surface area is 152 Å². The third-order valence-corrected chi connectivity index (χ3v) is 4.85. The number of carbonyl (C=O) groups is 1. The highest BCUT2D eigenvalue weighted by Crippen LogP contribution is 2.23. The number of methoxy groups -OCH3 is 1. The van der Waals surface area contributed by atoms with Gasteiger partial charge in [-0.3, -0.25) is 9.69 Å².